The zero-order valence-corrected chi connectivity index (χ0v) is 15.5. The minimum absolute atomic E-state index is 0.356. The maximum Gasteiger partial charge on any atom is 0.332 e. The number of thioether (sulfide) groups is 1. The zero-order chi connectivity index (χ0) is 19.0. The summed E-state index contributed by atoms with van der Waals surface area (Å²) in [5.41, 5.74) is 0.984. The molecule has 0 atom stereocenters. The fraction of sp³-hybridized carbons (Fsp3) is 0.250. The van der Waals surface area contributed by atoms with Crippen molar-refractivity contribution in [3.8, 4) is 0 Å². The largest absolute Gasteiger partial charge is 0.332 e. The topological polar surface area (TPSA) is 116 Å². The van der Waals surface area contributed by atoms with E-state index in [1.807, 2.05) is 34.9 Å². The van der Waals surface area contributed by atoms with E-state index in [1.165, 1.54) is 23.4 Å². The standard InChI is InChI=1S/C16H16N8O2S/c1-22-13-12(14(25)23(2)16(22)26)24(8-10-6-4-3-5-7-10)15(17-13)27-9-11-18-20-21-19-11/h3-7H,8-9H2,1-2H3,(H,18,19,20,21). The van der Waals surface area contributed by atoms with Gasteiger partial charge in [-0.25, -0.2) is 9.78 Å². The molecule has 0 unspecified atom stereocenters. The molecule has 11 heteroatoms. The molecule has 138 valence electrons. The SMILES string of the molecule is Cn1c(=O)c2c(nc(SCc3nn[nH]n3)n2Cc2ccccc2)n(C)c1=O. The number of aromatic amines is 1. The number of imidazole rings is 1. The van der Waals surface area contributed by atoms with E-state index >= 15 is 0 Å². The molecule has 3 aromatic heterocycles. The number of hydrogen-bond donors (Lipinski definition) is 1. The predicted molar refractivity (Wildman–Crippen MR) is 99.5 cm³/mol. The lowest BCUT2D eigenvalue weighted by Crippen LogP contribution is -2.37. The summed E-state index contributed by atoms with van der Waals surface area (Å²) in [6.07, 6.45) is 0. The van der Waals surface area contributed by atoms with Crippen molar-refractivity contribution in [2.24, 2.45) is 14.1 Å². The molecule has 1 aromatic carbocycles. The number of nitrogens with zero attached hydrogens (tertiary/aromatic N) is 7. The molecule has 1 N–H and O–H groups in total. The number of aromatic nitrogens is 8. The van der Waals surface area contributed by atoms with E-state index in [9.17, 15) is 9.59 Å². The van der Waals surface area contributed by atoms with Gasteiger partial charge in [-0.2, -0.15) is 5.21 Å². The van der Waals surface area contributed by atoms with Crippen molar-refractivity contribution in [1.29, 1.82) is 0 Å². The van der Waals surface area contributed by atoms with Gasteiger partial charge in [-0.05, 0) is 5.56 Å². The van der Waals surface area contributed by atoms with E-state index in [4.69, 9.17) is 0 Å². The summed E-state index contributed by atoms with van der Waals surface area (Å²) in [5, 5.41) is 14.4. The van der Waals surface area contributed by atoms with Gasteiger partial charge in [0.2, 0.25) is 0 Å². The van der Waals surface area contributed by atoms with E-state index in [1.54, 1.807) is 7.05 Å². The van der Waals surface area contributed by atoms with Gasteiger partial charge in [0.1, 0.15) is 0 Å². The van der Waals surface area contributed by atoms with E-state index in [0.717, 1.165) is 10.1 Å². The Morgan fingerprint density at radius 2 is 1.89 bits per heavy atom. The average molecular weight is 384 g/mol. The number of nitrogens with one attached hydrogen (secondary N) is 1. The number of benzene rings is 1. The number of aryl methyl sites for hydroxylation is 1. The van der Waals surface area contributed by atoms with Crippen LogP contribution in [0.5, 0.6) is 0 Å². The van der Waals surface area contributed by atoms with Gasteiger partial charge < -0.3 is 4.57 Å². The van der Waals surface area contributed by atoms with Gasteiger partial charge in [0.25, 0.3) is 5.56 Å². The fourth-order valence-corrected chi connectivity index (χ4v) is 3.67. The first kappa shape index (κ1) is 17.2. The number of fused-ring (bicyclic) bond motifs is 1. The fourth-order valence-electron chi connectivity index (χ4n) is 2.82. The molecule has 0 fully saturated rings. The molecule has 0 saturated carbocycles. The first-order chi connectivity index (χ1) is 13.1. The third kappa shape index (κ3) is 3.05. The molecule has 3 heterocycles. The van der Waals surface area contributed by atoms with Crippen LogP contribution in [0.4, 0.5) is 0 Å². The number of rotatable bonds is 5. The third-order valence-electron chi connectivity index (χ3n) is 4.22. The Morgan fingerprint density at radius 3 is 2.59 bits per heavy atom. The van der Waals surface area contributed by atoms with Crippen LogP contribution in [0, 0.1) is 0 Å². The maximum atomic E-state index is 12.8. The molecule has 0 amide bonds. The maximum absolute atomic E-state index is 12.8. The van der Waals surface area contributed by atoms with Crippen LogP contribution in [0.25, 0.3) is 11.2 Å². The lowest BCUT2D eigenvalue weighted by atomic mass is 10.2. The van der Waals surface area contributed by atoms with Gasteiger partial charge in [0, 0.05) is 14.1 Å². The molecule has 27 heavy (non-hydrogen) atoms. The highest BCUT2D eigenvalue weighted by Crippen LogP contribution is 2.24. The minimum Gasteiger partial charge on any atom is -0.309 e. The third-order valence-corrected chi connectivity index (χ3v) is 5.19. The molecule has 4 aromatic rings. The van der Waals surface area contributed by atoms with Gasteiger partial charge >= 0.3 is 5.69 Å². The predicted octanol–water partition coefficient (Wildman–Crippen LogP) is 0.287. The van der Waals surface area contributed by atoms with E-state index < -0.39 is 5.69 Å². The lowest BCUT2D eigenvalue weighted by molar-refractivity contribution is 0.696. The van der Waals surface area contributed by atoms with Crippen LogP contribution in [0.2, 0.25) is 0 Å². The summed E-state index contributed by atoms with van der Waals surface area (Å²) in [5.74, 6) is 0.961. The van der Waals surface area contributed by atoms with Crippen LogP contribution in [-0.2, 0) is 26.4 Å². The Labute approximate surface area is 156 Å². The van der Waals surface area contributed by atoms with Gasteiger partial charge in [-0.15, -0.1) is 10.2 Å². The van der Waals surface area contributed by atoms with Gasteiger partial charge in [0.05, 0.1) is 12.3 Å². The van der Waals surface area contributed by atoms with Crippen molar-refractivity contribution in [3.05, 3.63) is 62.6 Å². The van der Waals surface area contributed by atoms with Crippen molar-refractivity contribution >= 4 is 22.9 Å². The van der Waals surface area contributed by atoms with Crippen LogP contribution >= 0.6 is 11.8 Å². The molecular weight excluding hydrogens is 368 g/mol. The second-order valence-corrected chi connectivity index (χ2v) is 6.90. The van der Waals surface area contributed by atoms with Gasteiger partial charge in [0.15, 0.2) is 22.1 Å². The molecule has 0 aliphatic heterocycles. The second kappa shape index (κ2) is 6.83. The lowest BCUT2D eigenvalue weighted by Gasteiger charge is -2.09. The molecule has 0 aliphatic rings. The van der Waals surface area contributed by atoms with Crippen molar-refractivity contribution in [3.63, 3.8) is 0 Å². The van der Waals surface area contributed by atoms with Crippen molar-refractivity contribution < 1.29 is 0 Å². The molecule has 0 radical (unpaired) electrons. The molecule has 0 bridgehead atoms. The number of tetrazole rings is 1. The summed E-state index contributed by atoms with van der Waals surface area (Å²) in [6.45, 7) is 0.458. The summed E-state index contributed by atoms with van der Waals surface area (Å²) < 4.78 is 4.31. The van der Waals surface area contributed by atoms with E-state index in [2.05, 4.69) is 25.6 Å². The minimum atomic E-state index is -0.411. The number of H-pyrrole nitrogens is 1. The van der Waals surface area contributed by atoms with E-state index in [0.29, 0.717) is 34.4 Å². The van der Waals surface area contributed by atoms with Gasteiger partial charge in [-0.3, -0.25) is 13.9 Å². The second-order valence-electron chi connectivity index (χ2n) is 5.96. The molecule has 4 rings (SSSR count). The van der Waals surface area contributed by atoms with Crippen molar-refractivity contribution in [2.75, 3.05) is 0 Å². The highest BCUT2D eigenvalue weighted by atomic mass is 32.2. The monoisotopic (exact) mass is 384 g/mol. The number of hydrogen-bond acceptors (Lipinski definition) is 7. The first-order valence-corrected chi connectivity index (χ1v) is 9.10. The Morgan fingerprint density at radius 1 is 1.11 bits per heavy atom. The van der Waals surface area contributed by atoms with E-state index in [-0.39, 0.29) is 5.56 Å². The highest BCUT2D eigenvalue weighted by Gasteiger charge is 2.20. The van der Waals surface area contributed by atoms with Gasteiger partial charge in [-0.1, -0.05) is 47.3 Å². The Hall–Kier alpha value is -3.21. The Balaban J connectivity index is 1.88. The highest BCUT2D eigenvalue weighted by molar-refractivity contribution is 7.98. The molecule has 10 nitrogen and oxygen atoms in total. The average Bonchev–Trinajstić information content (AvgIpc) is 3.32. The zero-order valence-electron chi connectivity index (χ0n) is 14.7. The van der Waals surface area contributed by atoms with Crippen molar-refractivity contribution in [2.45, 2.75) is 17.5 Å². The summed E-state index contributed by atoms with van der Waals surface area (Å²) in [7, 11) is 3.08. The quantitative estimate of drug-likeness (QED) is 0.492. The van der Waals surface area contributed by atoms with Crippen LogP contribution in [0.15, 0.2) is 45.1 Å². The Bertz CT molecular complexity index is 1210. The molecule has 0 saturated heterocycles. The molecule has 0 spiro atoms. The van der Waals surface area contributed by atoms with Crippen LogP contribution in [-0.4, -0.2) is 39.3 Å². The summed E-state index contributed by atoms with van der Waals surface area (Å²) in [4.78, 5) is 29.6. The molecule has 0 aliphatic carbocycles. The smallest absolute Gasteiger partial charge is 0.309 e. The van der Waals surface area contributed by atoms with Crippen molar-refractivity contribution in [1.82, 2.24) is 39.3 Å². The van der Waals surface area contributed by atoms with Crippen LogP contribution in [0.1, 0.15) is 11.4 Å². The normalized spacial score (nSPS) is 11.3. The summed E-state index contributed by atoms with van der Waals surface area (Å²) in [6, 6.07) is 9.77. The Kier molecular flexibility index (Phi) is 4.36. The van der Waals surface area contributed by atoms with Crippen LogP contribution < -0.4 is 11.2 Å². The first-order valence-electron chi connectivity index (χ1n) is 8.11. The summed E-state index contributed by atoms with van der Waals surface area (Å²) >= 11 is 1.38. The molecular formula is C16H16N8O2S. The van der Waals surface area contributed by atoms with Crippen LogP contribution in [0.3, 0.4) is 0 Å².